The number of hydrogen-bond acceptors (Lipinski definition) is 4. The molecule has 1 rings (SSSR count). The Morgan fingerprint density at radius 1 is 1.31 bits per heavy atom. The maximum Gasteiger partial charge on any atom is 0.479 e. The molecule has 0 heterocycles. The van der Waals surface area contributed by atoms with E-state index in [0.29, 0.717) is 11.8 Å². The molecule has 0 saturated carbocycles. The molecule has 0 amide bonds. The van der Waals surface area contributed by atoms with Crippen molar-refractivity contribution < 1.29 is 26.9 Å². The average molecular weight is 252 g/mol. The molecule has 1 aromatic carbocycles. The Morgan fingerprint density at radius 3 is 2.50 bits per heavy atom. The van der Waals surface area contributed by atoms with E-state index in [1.807, 2.05) is 0 Å². The third-order valence-corrected chi connectivity index (χ3v) is 2.00. The summed E-state index contributed by atoms with van der Waals surface area (Å²) in [5.41, 5.74) is -4.20. The van der Waals surface area contributed by atoms with E-state index in [1.165, 1.54) is 25.3 Å². The van der Waals surface area contributed by atoms with Gasteiger partial charge in [0.25, 0.3) is 0 Å². The largest absolute Gasteiger partial charge is 0.493 e. The van der Waals surface area contributed by atoms with Gasteiger partial charge in [-0.05, 0) is 18.2 Å². The molecule has 0 aliphatic carbocycles. The van der Waals surface area contributed by atoms with Gasteiger partial charge in [0.15, 0.2) is 23.5 Å². The summed E-state index contributed by atoms with van der Waals surface area (Å²) in [6, 6.07) is 3.86. The molecule has 16 heavy (non-hydrogen) atoms. The monoisotopic (exact) mass is 252 g/mol. The lowest BCUT2D eigenvalue weighted by molar-refractivity contribution is -0.0370. The Hall–Kier alpha value is -1.37. The van der Waals surface area contributed by atoms with Crippen molar-refractivity contribution in [3.63, 3.8) is 0 Å². The number of ether oxygens (including phenoxy) is 1. The van der Waals surface area contributed by atoms with Crippen molar-refractivity contribution >= 4 is 18.3 Å². The Kier molecular flexibility index (Phi) is 4.05. The van der Waals surface area contributed by atoms with Crippen molar-refractivity contribution in [1.82, 2.24) is 0 Å². The zero-order valence-electron chi connectivity index (χ0n) is 8.08. The van der Waals surface area contributed by atoms with E-state index in [-0.39, 0.29) is 11.5 Å². The van der Waals surface area contributed by atoms with Crippen LogP contribution in [-0.2, 0) is 0 Å². The van der Waals surface area contributed by atoms with Crippen molar-refractivity contribution in [2.45, 2.75) is 5.51 Å². The lowest BCUT2D eigenvalue weighted by Crippen LogP contribution is -2.03. The Balaban J connectivity index is 2.83. The van der Waals surface area contributed by atoms with Crippen LogP contribution in [0.3, 0.4) is 0 Å². The number of carbonyl (C=O) groups is 1. The van der Waals surface area contributed by atoms with Gasteiger partial charge >= 0.3 is 5.51 Å². The highest BCUT2D eigenvalue weighted by Crippen LogP contribution is 2.36. The molecule has 0 fully saturated rings. The first-order chi connectivity index (χ1) is 7.46. The van der Waals surface area contributed by atoms with Gasteiger partial charge in [0, 0.05) is 5.56 Å². The molecule has 0 N–H and O–H groups in total. The van der Waals surface area contributed by atoms with Crippen molar-refractivity contribution in [2.24, 2.45) is 0 Å². The quantitative estimate of drug-likeness (QED) is 0.609. The van der Waals surface area contributed by atoms with Crippen molar-refractivity contribution in [3.8, 4) is 11.5 Å². The predicted octanol–water partition coefficient (Wildman–Crippen LogP) is 3.05. The number of alkyl halides is 3. The molecular formula is C9H7F3O3S. The molecule has 7 heteroatoms. The van der Waals surface area contributed by atoms with Crippen LogP contribution in [-0.4, -0.2) is 18.9 Å². The highest BCUT2D eigenvalue weighted by atomic mass is 32.2. The smallest absolute Gasteiger partial charge is 0.479 e. The van der Waals surface area contributed by atoms with E-state index in [1.54, 1.807) is 0 Å². The molecule has 0 spiro atoms. The molecule has 0 aliphatic heterocycles. The number of carbonyl (C=O) groups excluding carboxylic acids is 1. The maximum absolute atomic E-state index is 11.9. The Morgan fingerprint density at radius 2 is 2.00 bits per heavy atom. The number of benzene rings is 1. The molecule has 0 bridgehead atoms. The first kappa shape index (κ1) is 12.7. The van der Waals surface area contributed by atoms with Crippen LogP contribution in [0, 0.1) is 0 Å². The summed E-state index contributed by atoms with van der Waals surface area (Å²) in [7, 11) is 1.27. The summed E-state index contributed by atoms with van der Waals surface area (Å²) in [6.07, 6.45) is 0.559. The van der Waals surface area contributed by atoms with Crippen LogP contribution < -0.4 is 8.92 Å². The van der Waals surface area contributed by atoms with Crippen LogP contribution in [0.1, 0.15) is 10.4 Å². The van der Waals surface area contributed by atoms with Crippen LogP contribution in [0.2, 0.25) is 0 Å². The van der Waals surface area contributed by atoms with Gasteiger partial charge in [0.1, 0.15) is 6.29 Å². The van der Waals surface area contributed by atoms with Crippen LogP contribution in [0.4, 0.5) is 13.2 Å². The Bertz CT molecular complexity index is 379. The summed E-state index contributed by atoms with van der Waals surface area (Å²) in [5.74, 6) is -0.0169. The minimum absolute atomic E-state index is 0.0707. The summed E-state index contributed by atoms with van der Waals surface area (Å²) >= 11 is -0.639. The van der Waals surface area contributed by atoms with Gasteiger partial charge in [-0.15, -0.1) is 0 Å². The number of aldehydes is 1. The van der Waals surface area contributed by atoms with Crippen LogP contribution in [0.15, 0.2) is 18.2 Å². The first-order valence-corrected chi connectivity index (χ1v) is 4.76. The van der Waals surface area contributed by atoms with E-state index in [2.05, 4.69) is 4.18 Å². The second-order valence-electron chi connectivity index (χ2n) is 2.64. The first-order valence-electron chi connectivity index (χ1n) is 4.02. The minimum Gasteiger partial charge on any atom is -0.493 e. The summed E-state index contributed by atoms with van der Waals surface area (Å²) in [5, 5.41) is 0. The molecule has 1 aromatic rings. The van der Waals surface area contributed by atoms with Crippen molar-refractivity contribution in [1.29, 1.82) is 0 Å². The van der Waals surface area contributed by atoms with E-state index in [9.17, 15) is 18.0 Å². The van der Waals surface area contributed by atoms with E-state index in [4.69, 9.17) is 4.74 Å². The molecule has 0 radical (unpaired) electrons. The number of rotatable bonds is 4. The van der Waals surface area contributed by atoms with Crippen LogP contribution in [0.25, 0.3) is 0 Å². The van der Waals surface area contributed by atoms with Crippen LogP contribution in [0.5, 0.6) is 11.5 Å². The highest BCUT2D eigenvalue weighted by molar-refractivity contribution is 7.95. The van der Waals surface area contributed by atoms with Gasteiger partial charge in [-0.25, -0.2) is 0 Å². The lowest BCUT2D eigenvalue weighted by Gasteiger charge is -2.10. The average Bonchev–Trinajstić information content (AvgIpc) is 2.25. The Labute approximate surface area is 93.7 Å². The topological polar surface area (TPSA) is 35.5 Å². The van der Waals surface area contributed by atoms with Crippen molar-refractivity contribution in [3.05, 3.63) is 23.8 Å². The number of halogens is 3. The molecule has 0 atom stereocenters. The van der Waals surface area contributed by atoms with E-state index < -0.39 is 17.6 Å². The third kappa shape index (κ3) is 3.65. The molecule has 0 aliphatic rings. The van der Waals surface area contributed by atoms with Gasteiger partial charge in [-0.3, -0.25) is 4.79 Å². The predicted molar refractivity (Wildman–Crippen MR) is 52.7 cm³/mol. The SMILES string of the molecule is COc1cc(C=O)ccc1OSC(F)(F)F. The van der Waals surface area contributed by atoms with E-state index >= 15 is 0 Å². The highest BCUT2D eigenvalue weighted by Gasteiger charge is 2.32. The van der Waals surface area contributed by atoms with Gasteiger partial charge in [-0.2, -0.15) is 13.2 Å². The second-order valence-corrected chi connectivity index (χ2v) is 3.44. The summed E-state index contributed by atoms with van der Waals surface area (Å²) < 4.78 is 44.8. The number of methoxy groups -OCH3 is 1. The van der Waals surface area contributed by atoms with Crippen LogP contribution >= 0.6 is 12.0 Å². The van der Waals surface area contributed by atoms with Crippen molar-refractivity contribution in [2.75, 3.05) is 7.11 Å². The lowest BCUT2D eigenvalue weighted by atomic mass is 10.2. The molecule has 0 aromatic heterocycles. The van der Waals surface area contributed by atoms with Gasteiger partial charge < -0.3 is 8.92 Å². The fourth-order valence-corrected chi connectivity index (χ4v) is 1.24. The van der Waals surface area contributed by atoms with Gasteiger partial charge in [0.2, 0.25) is 0 Å². The molecule has 3 nitrogen and oxygen atoms in total. The molecule has 88 valence electrons. The maximum atomic E-state index is 11.9. The standard InChI is InChI=1S/C9H7F3O3S/c1-14-8-4-6(5-13)2-3-7(8)15-16-9(10,11)12/h2-5H,1H3. The second kappa shape index (κ2) is 5.11. The summed E-state index contributed by atoms with van der Waals surface area (Å²) in [4.78, 5) is 10.4. The fourth-order valence-electron chi connectivity index (χ4n) is 0.918. The zero-order chi connectivity index (χ0) is 12.2. The normalized spacial score (nSPS) is 11.0. The number of hydrogen-bond donors (Lipinski definition) is 0. The molecule has 0 unspecified atom stereocenters. The molecular weight excluding hydrogens is 245 g/mol. The zero-order valence-corrected chi connectivity index (χ0v) is 8.89. The van der Waals surface area contributed by atoms with Gasteiger partial charge in [-0.1, -0.05) is 0 Å². The minimum atomic E-state index is -4.49. The van der Waals surface area contributed by atoms with Gasteiger partial charge in [0.05, 0.1) is 7.11 Å². The summed E-state index contributed by atoms with van der Waals surface area (Å²) in [6.45, 7) is 0. The molecule has 0 saturated heterocycles. The fraction of sp³-hybridized carbons (Fsp3) is 0.222. The third-order valence-electron chi connectivity index (χ3n) is 1.55. The van der Waals surface area contributed by atoms with E-state index in [0.717, 1.165) is 0 Å².